The van der Waals surface area contributed by atoms with Crippen LogP contribution in [0.15, 0.2) is 56.1 Å². The van der Waals surface area contributed by atoms with Gasteiger partial charge in [0.2, 0.25) is 5.13 Å². The molecule has 0 spiro atoms. The number of thioether (sulfide) groups is 1. The number of carbonyl (C=O) groups is 1. The van der Waals surface area contributed by atoms with Gasteiger partial charge in [0.1, 0.15) is 11.3 Å². The summed E-state index contributed by atoms with van der Waals surface area (Å²) in [6, 6.07) is 10.6. The van der Waals surface area contributed by atoms with Crippen LogP contribution in [0.2, 0.25) is 0 Å². The Bertz CT molecular complexity index is 1250. The zero-order valence-electron chi connectivity index (χ0n) is 15.1. The van der Waals surface area contributed by atoms with Crippen LogP contribution in [0.4, 0.5) is 5.13 Å². The van der Waals surface area contributed by atoms with E-state index in [4.69, 9.17) is 4.42 Å². The van der Waals surface area contributed by atoms with E-state index in [1.54, 1.807) is 24.4 Å². The summed E-state index contributed by atoms with van der Waals surface area (Å²) in [7, 11) is 0. The van der Waals surface area contributed by atoms with Gasteiger partial charge in [-0.25, -0.2) is 4.79 Å². The molecule has 146 valence electrons. The topological polar surface area (TPSA) is 118 Å². The number of rotatable bonds is 5. The lowest BCUT2D eigenvalue weighted by Gasteiger charge is -2.06. The molecule has 0 bridgehead atoms. The fraction of sp³-hybridized carbons (Fsp3) is 0.105. The van der Waals surface area contributed by atoms with E-state index in [2.05, 4.69) is 20.5 Å². The van der Waals surface area contributed by atoms with Crippen LogP contribution >= 0.6 is 23.1 Å². The zero-order chi connectivity index (χ0) is 20.4. The Hall–Kier alpha value is -3.24. The highest BCUT2D eigenvalue weighted by molar-refractivity contribution is 8.00. The molecule has 0 atom stereocenters. The van der Waals surface area contributed by atoms with Crippen molar-refractivity contribution in [2.45, 2.75) is 17.0 Å². The molecule has 0 fully saturated rings. The number of hydrogen-bond donors (Lipinski definition) is 2. The van der Waals surface area contributed by atoms with Crippen molar-refractivity contribution >= 4 is 45.1 Å². The van der Waals surface area contributed by atoms with Crippen LogP contribution in [-0.2, 0) is 5.75 Å². The molecule has 0 radical (unpaired) electrons. The molecule has 3 heterocycles. The van der Waals surface area contributed by atoms with Crippen LogP contribution < -0.4 is 10.9 Å². The van der Waals surface area contributed by atoms with Crippen LogP contribution in [-0.4, -0.2) is 26.2 Å². The Balaban J connectivity index is 1.52. The van der Waals surface area contributed by atoms with Gasteiger partial charge in [-0.1, -0.05) is 35.2 Å². The minimum atomic E-state index is -0.924. The van der Waals surface area contributed by atoms with Crippen molar-refractivity contribution in [3.05, 3.63) is 69.8 Å². The normalized spacial score (nSPS) is 10.9. The fourth-order valence-corrected chi connectivity index (χ4v) is 4.25. The summed E-state index contributed by atoms with van der Waals surface area (Å²) < 4.78 is 5.82. The number of amides is 1. The van der Waals surface area contributed by atoms with Crippen LogP contribution in [0.1, 0.15) is 21.6 Å². The largest absolute Gasteiger partial charge is 0.506 e. The summed E-state index contributed by atoms with van der Waals surface area (Å²) in [6.07, 6.45) is 1.71. The van der Waals surface area contributed by atoms with E-state index in [0.29, 0.717) is 10.1 Å². The number of pyridine rings is 1. The van der Waals surface area contributed by atoms with Crippen LogP contribution in [0.25, 0.3) is 11.0 Å². The Morgan fingerprint density at radius 1 is 1.28 bits per heavy atom. The van der Waals surface area contributed by atoms with Crippen LogP contribution in [0.3, 0.4) is 0 Å². The van der Waals surface area contributed by atoms with Crippen molar-refractivity contribution in [1.29, 1.82) is 0 Å². The third-order valence-electron chi connectivity index (χ3n) is 3.96. The molecular formula is C19H14N4O4S2. The van der Waals surface area contributed by atoms with E-state index < -0.39 is 22.8 Å². The predicted molar refractivity (Wildman–Crippen MR) is 111 cm³/mol. The van der Waals surface area contributed by atoms with Crippen molar-refractivity contribution in [2.75, 3.05) is 5.32 Å². The minimum Gasteiger partial charge on any atom is -0.506 e. The molecule has 0 saturated carbocycles. The highest BCUT2D eigenvalue weighted by atomic mass is 32.2. The minimum absolute atomic E-state index is 0.210. The number of fused-ring (bicyclic) bond motifs is 1. The lowest BCUT2D eigenvalue weighted by Crippen LogP contribution is -2.21. The van der Waals surface area contributed by atoms with Gasteiger partial charge in [-0.15, -0.1) is 10.2 Å². The highest BCUT2D eigenvalue weighted by Gasteiger charge is 2.22. The first-order valence-corrected chi connectivity index (χ1v) is 10.3. The van der Waals surface area contributed by atoms with Gasteiger partial charge in [-0.2, -0.15) is 0 Å². The molecule has 1 amide bonds. The average Bonchev–Trinajstić information content (AvgIpc) is 3.14. The number of hydrogen-bond acceptors (Lipinski definition) is 9. The van der Waals surface area contributed by atoms with Gasteiger partial charge in [0, 0.05) is 11.9 Å². The fourth-order valence-electron chi connectivity index (χ4n) is 2.59. The molecule has 0 unspecified atom stereocenters. The molecule has 29 heavy (non-hydrogen) atoms. The summed E-state index contributed by atoms with van der Waals surface area (Å²) >= 11 is 2.59. The molecule has 1 aromatic carbocycles. The number of aromatic nitrogens is 3. The Labute approximate surface area is 172 Å². The molecule has 3 aromatic heterocycles. The molecular weight excluding hydrogens is 412 g/mol. The third-order valence-corrected chi connectivity index (χ3v) is 5.97. The van der Waals surface area contributed by atoms with Crippen molar-refractivity contribution in [3.8, 4) is 5.75 Å². The second-order valence-electron chi connectivity index (χ2n) is 6.05. The predicted octanol–water partition coefficient (Wildman–Crippen LogP) is 3.60. The van der Waals surface area contributed by atoms with Gasteiger partial charge in [0.25, 0.3) is 5.91 Å². The lowest BCUT2D eigenvalue weighted by molar-refractivity contribution is 0.102. The first-order chi connectivity index (χ1) is 14.0. The molecule has 0 aliphatic rings. The number of nitrogens with one attached hydrogen (secondary N) is 1. The van der Waals surface area contributed by atoms with Gasteiger partial charge in [-0.05, 0) is 36.8 Å². The standard InChI is InChI=1S/C19H14N4O4S2/c1-10-5-6-12-13(8-10)27-17(26)14(15(12)24)16(25)21-18-22-23-19(29-18)28-9-11-4-2-3-7-20-11/h2-8,24H,9H2,1H3,(H,21,22,25). The maximum atomic E-state index is 12.5. The number of aryl methyl sites for hydroxylation is 1. The van der Waals surface area contributed by atoms with E-state index in [9.17, 15) is 14.7 Å². The number of anilines is 1. The molecule has 10 heteroatoms. The zero-order valence-corrected chi connectivity index (χ0v) is 16.7. The van der Waals surface area contributed by atoms with E-state index >= 15 is 0 Å². The number of aromatic hydroxyl groups is 1. The maximum absolute atomic E-state index is 12.5. The highest BCUT2D eigenvalue weighted by Crippen LogP contribution is 2.30. The average molecular weight is 426 g/mol. The van der Waals surface area contributed by atoms with Crippen molar-refractivity contribution < 1.29 is 14.3 Å². The van der Waals surface area contributed by atoms with Gasteiger partial charge < -0.3 is 9.52 Å². The molecule has 4 rings (SSSR count). The Morgan fingerprint density at radius 3 is 2.93 bits per heavy atom. The maximum Gasteiger partial charge on any atom is 0.353 e. The Morgan fingerprint density at radius 2 is 2.14 bits per heavy atom. The van der Waals surface area contributed by atoms with Crippen molar-refractivity contribution in [2.24, 2.45) is 0 Å². The Kier molecular flexibility index (Phi) is 5.28. The molecule has 2 N–H and O–H groups in total. The van der Waals surface area contributed by atoms with Crippen LogP contribution in [0.5, 0.6) is 5.75 Å². The summed E-state index contributed by atoms with van der Waals surface area (Å²) in [6.45, 7) is 1.83. The van der Waals surface area contributed by atoms with E-state index in [-0.39, 0.29) is 16.1 Å². The number of nitrogens with zero attached hydrogens (tertiary/aromatic N) is 3. The van der Waals surface area contributed by atoms with Gasteiger partial charge >= 0.3 is 5.63 Å². The molecule has 4 aromatic rings. The third kappa shape index (κ3) is 4.13. The molecule has 0 aliphatic carbocycles. The molecule has 8 nitrogen and oxygen atoms in total. The van der Waals surface area contributed by atoms with E-state index in [1.807, 2.05) is 25.1 Å². The summed E-state index contributed by atoms with van der Waals surface area (Å²) in [5.41, 5.74) is 0.578. The van der Waals surface area contributed by atoms with E-state index in [0.717, 1.165) is 22.6 Å². The number of benzene rings is 1. The summed E-state index contributed by atoms with van der Waals surface area (Å²) in [5, 5.41) is 21.3. The van der Waals surface area contributed by atoms with Gasteiger partial charge in [-0.3, -0.25) is 15.1 Å². The summed E-state index contributed by atoms with van der Waals surface area (Å²) in [4.78, 5) is 29.0. The SMILES string of the molecule is Cc1ccc2c(O)c(C(=O)Nc3nnc(SCc4ccccn4)s3)c(=O)oc2c1. The van der Waals surface area contributed by atoms with Gasteiger partial charge in [0.15, 0.2) is 9.90 Å². The smallest absolute Gasteiger partial charge is 0.353 e. The second-order valence-corrected chi connectivity index (χ2v) is 8.25. The quantitative estimate of drug-likeness (QED) is 0.282. The monoisotopic (exact) mass is 426 g/mol. The van der Waals surface area contributed by atoms with Crippen molar-refractivity contribution in [1.82, 2.24) is 15.2 Å². The van der Waals surface area contributed by atoms with E-state index in [1.165, 1.54) is 11.8 Å². The molecule has 0 saturated heterocycles. The lowest BCUT2D eigenvalue weighted by atomic mass is 10.1. The van der Waals surface area contributed by atoms with Gasteiger partial charge in [0.05, 0.1) is 11.1 Å². The number of carbonyl (C=O) groups excluding carboxylic acids is 1. The first-order valence-electron chi connectivity index (χ1n) is 8.45. The second kappa shape index (κ2) is 8.02. The summed E-state index contributed by atoms with van der Waals surface area (Å²) in [5.74, 6) is -0.628. The van der Waals surface area contributed by atoms with Crippen LogP contribution in [0, 0.1) is 6.92 Å². The van der Waals surface area contributed by atoms with Crippen molar-refractivity contribution in [3.63, 3.8) is 0 Å². The first kappa shape index (κ1) is 19.1. The molecule has 0 aliphatic heterocycles.